The number of benzene rings is 2. The fourth-order valence-electron chi connectivity index (χ4n) is 5.19. The lowest BCUT2D eigenvalue weighted by Crippen LogP contribution is -2.41. The van der Waals surface area contributed by atoms with Crippen LogP contribution in [0.15, 0.2) is 60.9 Å². The first-order valence-electron chi connectivity index (χ1n) is 13.5. The Morgan fingerprint density at radius 3 is 2.73 bits per heavy atom. The predicted molar refractivity (Wildman–Crippen MR) is 157 cm³/mol. The summed E-state index contributed by atoms with van der Waals surface area (Å²) >= 11 is 0. The van der Waals surface area contributed by atoms with E-state index in [1.54, 1.807) is 39.5 Å². The lowest BCUT2D eigenvalue weighted by atomic mass is 9.99. The van der Waals surface area contributed by atoms with E-state index in [2.05, 4.69) is 27.1 Å². The van der Waals surface area contributed by atoms with Crippen LogP contribution in [0.25, 0.3) is 33.3 Å². The summed E-state index contributed by atoms with van der Waals surface area (Å²) in [5.74, 6) is 0.544. The number of fused-ring (bicyclic) bond motifs is 1. The van der Waals surface area contributed by atoms with Crippen molar-refractivity contribution in [3.63, 3.8) is 0 Å². The van der Waals surface area contributed by atoms with Crippen LogP contribution in [0.1, 0.15) is 30.1 Å². The highest BCUT2D eigenvalue weighted by Gasteiger charge is 2.24. The van der Waals surface area contributed by atoms with Crippen molar-refractivity contribution in [2.24, 2.45) is 0 Å². The average Bonchev–Trinajstić information content (AvgIpc) is 3.40. The summed E-state index contributed by atoms with van der Waals surface area (Å²) in [6.07, 6.45) is 4.79. The standard InChI is InChI=1S/C31H35N5O4/c1-5-36-14-8-9-22(19-36)40-31(38)34-27-13-12-20(15-25(27)30(37)35(2)3)21-16-24-26(18-33-29(24)32-17-21)23-10-6-7-11-28(23)39-4/h6-7,10-13,15-18,22H,5,8-9,14,19H2,1-4H3,(H,32,33)(H,34,38). The number of carbonyl (C=O) groups excluding carboxylic acids is 2. The molecule has 0 radical (unpaired) electrons. The summed E-state index contributed by atoms with van der Waals surface area (Å²) in [7, 11) is 5.03. The summed E-state index contributed by atoms with van der Waals surface area (Å²) in [5, 5.41) is 3.74. The van der Waals surface area contributed by atoms with Gasteiger partial charge in [0.15, 0.2) is 0 Å². The Bertz CT molecular complexity index is 1530. The Morgan fingerprint density at radius 1 is 1.12 bits per heavy atom. The Labute approximate surface area is 234 Å². The minimum absolute atomic E-state index is 0.169. The number of likely N-dealkylation sites (N-methyl/N-ethyl adjacent to an activating group) is 1. The minimum Gasteiger partial charge on any atom is -0.496 e. The van der Waals surface area contributed by atoms with Crippen LogP contribution in [0.4, 0.5) is 10.5 Å². The molecule has 2 aromatic carbocycles. The zero-order valence-corrected chi connectivity index (χ0v) is 23.4. The number of amides is 2. The van der Waals surface area contributed by atoms with Crippen molar-refractivity contribution < 1.29 is 19.1 Å². The largest absolute Gasteiger partial charge is 0.496 e. The van der Waals surface area contributed by atoms with Crippen LogP contribution in [0.3, 0.4) is 0 Å². The maximum atomic E-state index is 13.2. The highest BCUT2D eigenvalue weighted by Crippen LogP contribution is 2.36. The number of aromatic amines is 1. The normalized spacial score (nSPS) is 15.6. The third kappa shape index (κ3) is 5.65. The molecule has 2 N–H and O–H groups in total. The van der Waals surface area contributed by atoms with Gasteiger partial charge in [-0.05, 0) is 55.8 Å². The van der Waals surface area contributed by atoms with E-state index in [9.17, 15) is 9.59 Å². The first-order chi connectivity index (χ1) is 19.4. The van der Waals surface area contributed by atoms with E-state index in [1.807, 2.05) is 42.6 Å². The van der Waals surface area contributed by atoms with E-state index in [4.69, 9.17) is 9.47 Å². The van der Waals surface area contributed by atoms with Gasteiger partial charge in [0, 0.05) is 55.1 Å². The lowest BCUT2D eigenvalue weighted by Gasteiger charge is -2.31. The van der Waals surface area contributed by atoms with Crippen LogP contribution in [-0.4, -0.2) is 78.7 Å². The highest BCUT2D eigenvalue weighted by atomic mass is 16.6. The van der Waals surface area contributed by atoms with Gasteiger partial charge < -0.3 is 19.4 Å². The van der Waals surface area contributed by atoms with Gasteiger partial charge in [-0.15, -0.1) is 0 Å². The fraction of sp³-hybridized carbons (Fsp3) is 0.323. The smallest absolute Gasteiger partial charge is 0.411 e. The molecule has 5 rings (SSSR count). The maximum Gasteiger partial charge on any atom is 0.411 e. The molecule has 1 fully saturated rings. The molecule has 1 atom stereocenters. The molecule has 9 heteroatoms. The van der Waals surface area contributed by atoms with Crippen LogP contribution < -0.4 is 10.1 Å². The van der Waals surface area contributed by atoms with E-state index in [-0.39, 0.29) is 12.0 Å². The van der Waals surface area contributed by atoms with Gasteiger partial charge in [0.25, 0.3) is 5.91 Å². The van der Waals surface area contributed by atoms with Crippen molar-refractivity contribution in [1.82, 2.24) is 19.8 Å². The first kappa shape index (κ1) is 27.2. The average molecular weight is 542 g/mol. The number of pyridine rings is 1. The number of hydrogen-bond donors (Lipinski definition) is 2. The molecule has 1 aliphatic heterocycles. The third-order valence-corrected chi connectivity index (χ3v) is 7.34. The van der Waals surface area contributed by atoms with Crippen molar-refractivity contribution in [3.8, 4) is 28.0 Å². The molecule has 1 unspecified atom stereocenters. The number of ether oxygens (including phenoxy) is 2. The van der Waals surface area contributed by atoms with Crippen LogP contribution >= 0.6 is 0 Å². The molecule has 4 aromatic rings. The zero-order chi connectivity index (χ0) is 28.2. The van der Waals surface area contributed by atoms with Crippen molar-refractivity contribution in [2.45, 2.75) is 25.9 Å². The third-order valence-electron chi connectivity index (χ3n) is 7.34. The number of piperidine rings is 1. The quantitative estimate of drug-likeness (QED) is 0.314. The molecular weight excluding hydrogens is 506 g/mol. The van der Waals surface area contributed by atoms with Crippen molar-refractivity contribution in [3.05, 3.63) is 66.5 Å². The minimum atomic E-state index is -0.555. The summed E-state index contributed by atoms with van der Waals surface area (Å²) in [6.45, 7) is 4.77. The molecule has 208 valence electrons. The molecule has 40 heavy (non-hydrogen) atoms. The van der Waals surface area contributed by atoms with Crippen LogP contribution in [0.2, 0.25) is 0 Å². The summed E-state index contributed by atoms with van der Waals surface area (Å²) in [4.78, 5) is 37.6. The molecule has 0 spiro atoms. The van der Waals surface area contributed by atoms with Crippen LogP contribution in [0, 0.1) is 0 Å². The van der Waals surface area contributed by atoms with Crippen molar-refractivity contribution >= 4 is 28.7 Å². The number of carbonyl (C=O) groups is 2. The first-order valence-corrected chi connectivity index (χ1v) is 13.5. The molecule has 3 heterocycles. The maximum absolute atomic E-state index is 13.2. The summed E-state index contributed by atoms with van der Waals surface area (Å²) < 4.78 is 11.3. The Hall–Kier alpha value is -4.37. The van der Waals surface area contributed by atoms with E-state index < -0.39 is 6.09 Å². The molecule has 0 bridgehead atoms. The second-order valence-electron chi connectivity index (χ2n) is 10.2. The second kappa shape index (κ2) is 11.8. The zero-order valence-electron chi connectivity index (χ0n) is 23.4. The number of para-hydroxylation sites is 1. The molecular formula is C31H35N5O4. The molecule has 1 aliphatic rings. The second-order valence-corrected chi connectivity index (χ2v) is 10.2. The van der Waals surface area contributed by atoms with Gasteiger partial charge >= 0.3 is 6.09 Å². The number of likely N-dealkylation sites (tertiary alicyclic amines) is 1. The molecule has 2 amide bonds. The van der Waals surface area contributed by atoms with Gasteiger partial charge in [-0.2, -0.15) is 0 Å². The van der Waals surface area contributed by atoms with E-state index in [0.717, 1.165) is 71.5 Å². The number of anilines is 1. The molecule has 0 saturated carbocycles. The van der Waals surface area contributed by atoms with Crippen molar-refractivity contribution in [1.29, 1.82) is 0 Å². The number of hydrogen-bond acceptors (Lipinski definition) is 6. The van der Waals surface area contributed by atoms with Gasteiger partial charge in [-0.3, -0.25) is 15.0 Å². The van der Waals surface area contributed by atoms with Gasteiger partial charge in [0.05, 0.1) is 18.4 Å². The van der Waals surface area contributed by atoms with Crippen LogP contribution in [-0.2, 0) is 4.74 Å². The van der Waals surface area contributed by atoms with E-state index >= 15 is 0 Å². The monoisotopic (exact) mass is 541 g/mol. The van der Waals surface area contributed by atoms with E-state index in [0.29, 0.717) is 11.3 Å². The number of methoxy groups -OCH3 is 1. The number of aromatic nitrogens is 2. The molecule has 0 aliphatic carbocycles. The SMILES string of the molecule is CCN1CCCC(OC(=O)Nc2ccc(-c3cnc4[nH]cc(-c5ccccc5OC)c4c3)cc2C(=O)N(C)C)C1. The highest BCUT2D eigenvalue weighted by molar-refractivity contribution is 6.04. The predicted octanol–water partition coefficient (Wildman–Crippen LogP) is 5.64. The van der Waals surface area contributed by atoms with E-state index in [1.165, 1.54) is 4.90 Å². The summed E-state index contributed by atoms with van der Waals surface area (Å²) in [5.41, 5.74) is 5.09. The van der Waals surface area contributed by atoms with Gasteiger partial charge in [-0.25, -0.2) is 9.78 Å². The Balaban J connectivity index is 1.45. The summed E-state index contributed by atoms with van der Waals surface area (Å²) in [6, 6.07) is 15.3. The molecule has 2 aromatic heterocycles. The fourth-order valence-corrected chi connectivity index (χ4v) is 5.19. The number of H-pyrrole nitrogens is 1. The van der Waals surface area contributed by atoms with Gasteiger partial charge in [-0.1, -0.05) is 31.2 Å². The number of nitrogens with zero attached hydrogens (tertiary/aromatic N) is 3. The lowest BCUT2D eigenvalue weighted by molar-refractivity contribution is 0.0519. The van der Waals surface area contributed by atoms with Crippen molar-refractivity contribution in [2.75, 3.05) is 46.2 Å². The Morgan fingerprint density at radius 2 is 1.95 bits per heavy atom. The number of rotatable bonds is 7. The molecule has 9 nitrogen and oxygen atoms in total. The Kier molecular flexibility index (Phi) is 8.02. The van der Waals surface area contributed by atoms with Gasteiger partial charge in [0.1, 0.15) is 17.5 Å². The van der Waals surface area contributed by atoms with Crippen LogP contribution in [0.5, 0.6) is 5.75 Å². The van der Waals surface area contributed by atoms with Gasteiger partial charge in [0.2, 0.25) is 0 Å². The molecule has 1 saturated heterocycles. The topological polar surface area (TPSA) is 99.8 Å². The number of nitrogens with one attached hydrogen (secondary N) is 2.